The molecule has 0 saturated carbocycles. The van der Waals surface area contributed by atoms with Gasteiger partial charge in [0.05, 0.1) is 6.26 Å². The first-order chi connectivity index (χ1) is 7.36. The molecule has 0 saturated heterocycles. The fourth-order valence-electron chi connectivity index (χ4n) is 1.85. The average Bonchev–Trinajstić information content (AvgIpc) is 2.87. The SMILES string of the molecule is Brc1nc(-c2ccco2)n2c1NCCC2. The van der Waals surface area contributed by atoms with Crippen LogP contribution in [0.4, 0.5) is 5.82 Å². The molecule has 2 aromatic heterocycles. The lowest BCUT2D eigenvalue weighted by Crippen LogP contribution is -2.17. The zero-order valence-corrected chi connectivity index (χ0v) is 9.62. The van der Waals surface area contributed by atoms with Gasteiger partial charge in [-0.2, -0.15) is 0 Å². The maximum atomic E-state index is 5.37. The van der Waals surface area contributed by atoms with Crippen LogP contribution in [-0.2, 0) is 6.54 Å². The highest BCUT2D eigenvalue weighted by Gasteiger charge is 2.20. The first-order valence-electron chi connectivity index (χ1n) is 4.90. The van der Waals surface area contributed by atoms with Crippen molar-refractivity contribution >= 4 is 21.7 Å². The number of anilines is 1. The molecule has 0 spiro atoms. The van der Waals surface area contributed by atoms with E-state index < -0.39 is 0 Å². The summed E-state index contributed by atoms with van der Waals surface area (Å²) in [5.74, 6) is 2.74. The van der Waals surface area contributed by atoms with Gasteiger partial charge in [-0.25, -0.2) is 4.98 Å². The topological polar surface area (TPSA) is 43.0 Å². The third kappa shape index (κ3) is 1.38. The van der Waals surface area contributed by atoms with Crippen LogP contribution in [0, 0.1) is 0 Å². The lowest BCUT2D eigenvalue weighted by molar-refractivity contribution is 0.561. The van der Waals surface area contributed by atoms with Gasteiger partial charge < -0.3 is 14.3 Å². The quantitative estimate of drug-likeness (QED) is 0.864. The van der Waals surface area contributed by atoms with Crippen molar-refractivity contribution in [1.82, 2.24) is 9.55 Å². The first-order valence-corrected chi connectivity index (χ1v) is 5.69. The van der Waals surface area contributed by atoms with Crippen LogP contribution in [0.25, 0.3) is 11.6 Å². The maximum absolute atomic E-state index is 5.37. The normalized spacial score (nSPS) is 14.7. The Morgan fingerprint density at radius 2 is 2.47 bits per heavy atom. The predicted octanol–water partition coefficient (Wildman–Crippen LogP) is 2.72. The van der Waals surface area contributed by atoms with E-state index in [0.717, 1.165) is 41.5 Å². The number of fused-ring (bicyclic) bond motifs is 1. The number of halogens is 1. The number of aromatic nitrogens is 2. The summed E-state index contributed by atoms with van der Waals surface area (Å²) < 4.78 is 8.37. The van der Waals surface area contributed by atoms with Crippen LogP contribution in [0.2, 0.25) is 0 Å². The second-order valence-electron chi connectivity index (χ2n) is 3.48. The number of hydrogen-bond donors (Lipinski definition) is 1. The molecule has 4 nitrogen and oxygen atoms in total. The molecular formula is C10H10BrN3O. The largest absolute Gasteiger partial charge is 0.461 e. The van der Waals surface area contributed by atoms with E-state index in [2.05, 4.69) is 30.8 Å². The van der Waals surface area contributed by atoms with Crippen LogP contribution >= 0.6 is 15.9 Å². The van der Waals surface area contributed by atoms with E-state index in [1.807, 2.05) is 12.1 Å². The van der Waals surface area contributed by atoms with Crippen molar-refractivity contribution in [3.63, 3.8) is 0 Å². The van der Waals surface area contributed by atoms with Gasteiger partial charge in [-0.1, -0.05) is 0 Å². The second-order valence-corrected chi connectivity index (χ2v) is 4.24. The number of imidazole rings is 1. The molecule has 0 aromatic carbocycles. The number of rotatable bonds is 1. The standard InChI is InChI=1S/C10H10BrN3O/c11-8-10-12-4-2-5-14(10)9(13-8)7-3-1-6-15-7/h1,3,6,12H,2,4-5H2. The Morgan fingerprint density at radius 1 is 1.53 bits per heavy atom. The van der Waals surface area contributed by atoms with E-state index in [1.165, 1.54) is 0 Å². The van der Waals surface area contributed by atoms with E-state index in [0.29, 0.717) is 0 Å². The average molecular weight is 268 g/mol. The summed E-state index contributed by atoms with van der Waals surface area (Å²) in [5, 5.41) is 3.33. The minimum atomic E-state index is 0.811. The fraction of sp³-hybridized carbons (Fsp3) is 0.300. The second kappa shape index (κ2) is 3.41. The van der Waals surface area contributed by atoms with E-state index in [1.54, 1.807) is 6.26 Å². The van der Waals surface area contributed by atoms with Gasteiger partial charge in [-0.15, -0.1) is 0 Å². The van der Waals surface area contributed by atoms with E-state index in [-0.39, 0.29) is 0 Å². The Labute approximate surface area is 95.4 Å². The Kier molecular flexibility index (Phi) is 2.05. The van der Waals surface area contributed by atoms with Crippen molar-refractivity contribution in [2.75, 3.05) is 11.9 Å². The molecule has 3 rings (SSSR count). The number of furan rings is 1. The van der Waals surface area contributed by atoms with Gasteiger partial charge in [0.25, 0.3) is 0 Å². The summed E-state index contributed by atoms with van der Waals surface area (Å²) in [6.45, 7) is 1.98. The molecule has 0 radical (unpaired) electrons. The Morgan fingerprint density at radius 3 is 3.27 bits per heavy atom. The van der Waals surface area contributed by atoms with Crippen LogP contribution in [0.3, 0.4) is 0 Å². The van der Waals surface area contributed by atoms with Crippen LogP contribution in [0.1, 0.15) is 6.42 Å². The van der Waals surface area contributed by atoms with Crippen molar-refractivity contribution in [1.29, 1.82) is 0 Å². The number of nitrogens with zero attached hydrogens (tertiary/aromatic N) is 2. The Balaban J connectivity index is 2.16. The molecule has 3 heterocycles. The van der Waals surface area contributed by atoms with Crippen molar-refractivity contribution < 1.29 is 4.42 Å². The Bertz CT molecular complexity index is 475. The molecule has 0 amide bonds. The zero-order valence-electron chi connectivity index (χ0n) is 8.03. The van der Waals surface area contributed by atoms with Crippen molar-refractivity contribution in [2.24, 2.45) is 0 Å². The third-order valence-electron chi connectivity index (χ3n) is 2.52. The lowest BCUT2D eigenvalue weighted by atomic mass is 10.3. The lowest BCUT2D eigenvalue weighted by Gasteiger charge is -2.17. The van der Waals surface area contributed by atoms with E-state index in [9.17, 15) is 0 Å². The van der Waals surface area contributed by atoms with Gasteiger partial charge in [-0.05, 0) is 34.5 Å². The van der Waals surface area contributed by atoms with Gasteiger partial charge in [-0.3, -0.25) is 0 Å². The van der Waals surface area contributed by atoms with Gasteiger partial charge in [0.1, 0.15) is 10.4 Å². The van der Waals surface area contributed by atoms with Crippen LogP contribution in [-0.4, -0.2) is 16.1 Å². The summed E-state index contributed by atoms with van der Waals surface area (Å²) >= 11 is 3.45. The molecule has 0 bridgehead atoms. The predicted molar refractivity (Wildman–Crippen MR) is 60.7 cm³/mol. The highest BCUT2D eigenvalue weighted by molar-refractivity contribution is 9.10. The molecule has 2 aromatic rings. The summed E-state index contributed by atoms with van der Waals surface area (Å²) in [4.78, 5) is 4.46. The summed E-state index contributed by atoms with van der Waals surface area (Å²) in [6, 6.07) is 3.80. The zero-order chi connectivity index (χ0) is 10.3. The molecule has 1 aliphatic rings. The molecule has 15 heavy (non-hydrogen) atoms. The molecule has 0 aliphatic carbocycles. The molecule has 1 N–H and O–H groups in total. The number of nitrogens with one attached hydrogen (secondary N) is 1. The summed E-state index contributed by atoms with van der Waals surface area (Å²) in [7, 11) is 0. The minimum absolute atomic E-state index is 0.811. The smallest absolute Gasteiger partial charge is 0.178 e. The molecule has 1 aliphatic heterocycles. The maximum Gasteiger partial charge on any atom is 0.178 e. The van der Waals surface area contributed by atoms with Crippen LogP contribution in [0.15, 0.2) is 27.4 Å². The molecule has 0 fully saturated rings. The summed E-state index contributed by atoms with van der Waals surface area (Å²) in [5.41, 5.74) is 0. The molecule has 0 atom stereocenters. The first kappa shape index (κ1) is 9.03. The minimum Gasteiger partial charge on any atom is -0.461 e. The van der Waals surface area contributed by atoms with Gasteiger partial charge >= 0.3 is 0 Å². The highest BCUT2D eigenvalue weighted by Crippen LogP contribution is 2.31. The third-order valence-corrected chi connectivity index (χ3v) is 3.07. The molecular weight excluding hydrogens is 258 g/mol. The Hall–Kier alpha value is -1.23. The van der Waals surface area contributed by atoms with Crippen molar-refractivity contribution in [2.45, 2.75) is 13.0 Å². The van der Waals surface area contributed by atoms with E-state index in [4.69, 9.17) is 4.42 Å². The molecule has 5 heteroatoms. The van der Waals surface area contributed by atoms with Gasteiger partial charge in [0, 0.05) is 13.1 Å². The van der Waals surface area contributed by atoms with Crippen LogP contribution in [0.5, 0.6) is 0 Å². The monoisotopic (exact) mass is 267 g/mol. The molecule has 0 unspecified atom stereocenters. The number of hydrogen-bond acceptors (Lipinski definition) is 3. The van der Waals surface area contributed by atoms with Gasteiger partial charge in [0.15, 0.2) is 11.6 Å². The van der Waals surface area contributed by atoms with Gasteiger partial charge in [0.2, 0.25) is 0 Å². The van der Waals surface area contributed by atoms with Crippen molar-refractivity contribution in [3.8, 4) is 11.6 Å². The summed E-state index contributed by atoms with van der Waals surface area (Å²) in [6.07, 6.45) is 2.78. The van der Waals surface area contributed by atoms with E-state index >= 15 is 0 Å². The molecule has 78 valence electrons. The van der Waals surface area contributed by atoms with Crippen LogP contribution < -0.4 is 5.32 Å². The van der Waals surface area contributed by atoms with Crippen molar-refractivity contribution in [3.05, 3.63) is 23.0 Å². The fourth-order valence-corrected chi connectivity index (χ4v) is 2.37. The highest BCUT2D eigenvalue weighted by atomic mass is 79.9.